The van der Waals surface area contributed by atoms with Gasteiger partial charge in [0.05, 0.1) is 12.3 Å². The monoisotopic (exact) mass is 352 g/mol. The Bertz CT molecular complexity index is 709. The molecule has 110 valence electrons. The molecule has 1 aromatic carbocycles. The minimum atomic E-state index is -1.22. The number of aryl methyl sites for hydroxylation is 1. The maximum atomic E-state index is 11.8. The van der Waals surface area contributed by atoms with E-state index >= 15 is 0 Å². The fourth-order valence-electron chi connectivity index (χ4n) is 1.88. The predicted molar refractivity (Wildman–Crippen MR) is 78.9 cm³/mol. The molecule has 7 heteroatoms. The van der Waals surface area contributed by atoms with E-state index in [1.807, 2.05) is 19.1 Å². The molecule has 0 saturated carbocycles. The Hall–Kier alpha value is -2.15. The third kappa shape index (κ3) is 3.13. The Morgan fingerprint density at radius 2 is 2.14 bits per heavy atom. The highest BCUT2D eigenvalue weighted by molar-refractivity contribution is 9.10. The number of hydrogen-bond donors (Lipinski definition) is 1. The molecule has 2 rings (SSSR count). The van der Waals surface area contributed by atoms with Crippen molar-refractivity contribution in [3.63, 3.8) is 0 Å². The van der Waals surface area contributed by atoms with Crippen LogP contribution in [0.25, 0.3) is 5.69 Å². The zero-order valence-corrected chi connectivity index (χ0v) is 13.0. The second-order valence-electron chi connectivity index (χ2n) is 4.29. The molecule has 0 aliphatic carbocycles. The summed E-state index contributed by atoms with van der Waals surface area (Å²) in [5.41, 5.74) is 1.19. The van der Waals surface area contributed by atoms with E-state index in [0.717, 1.165) is 10.0 Å². The van der Waals surface area contributed by atoms with Gasteiger partial charge < -0.3 is 9.84 Å². The molecule has 0 amide bonds. The average molecular weight is 353 g/mol. The number of carbonyl (C=O) groups excluding carboxylic acids is 1. The van der Waals surface area contributed by atoms with Gasteiger partial charge in [-0.3, -0.25) is 0 Å². The molecule has 0 saturated heterocycles. The van der Waals surface area contributed by atoms with Gasteiger partial charge in [0, 0.05) is 10.7 Å². The van der Waals surface area contributed by atoms with Crippen LogP contribution in [-0.2, 0) is 4.74 Å². The molecule has 21 heavy (non-hydrogen) atoms. The summed E-state index contributed by atoms with van der Waals surface area (Å²) in [7, 11) is 0. The van der Waals surface area contributed by atoms with E-state index in [-0.39, 0.29) is 17.9 Å². The van der Waals surface area contributed by atoms with E-state index in [1.165, 1.54) is 10.9 Å². The number of hydrogen-bond acceptors (Lipinski definition) is 4. The smallest absolute Gasteiger partial charge is 0.359 e. The van der Waals surface area contributed by atoms with Crippen LogP contribution in [0.2, 0.25) is 0 Å². The van der Waals surface area contributed by atoms with Gasteiger partial charge in [-0.05, 0) is 37.6 Å². The van der Waals surface area contributed by atoms with Gasteiger partial charge in [0.25, 0.3) is 0 Å². The van der Waals surface area contributed by atoms with Gasteiger partial charge in [-0.15, -0.1) is 0 Å². The van der Waals surface area contributed by atoms with E-state index in [2.05, 4.69) is 21.0 Å². The number of carboxylic acids is 1. The summed E-state index contributed by atoms with van der Waals surface area (Å²) in [6, 6.07) is 5.48. The Morgan fingerprint density at radius 1 is 1.43 bits per heavy atom. The standard InChI is InChI=1S/C14H13BrN2O4/c1-3-21-14(20)12-10(13(18)19)7-17(16-12)11-5-4-9(15)6-8(11)2/h4-7H,3H2,1-2H3,(H,18,19). The lowest BCUT2D eigenvalue weighted by atomic mass is 10.2. The molecule has 1 aromatic heterocycles. The van der Waals surface area contributed by atoms with Crippen molar-refractivity contribution in [3.05, 3.63) is 45.7 Å². The molecule has 0 radical (unpaired) electrons. The van der Waals surface area contributed by atoms with Crippen molar-refractivity contribution in [2.75, 3.05) is 6.61 Å². The average Bonchev–Trinajstić information content (AvgIpc) is 2.84. The molecule has 0 bridgehead atoms. The number of aromatic nitrogens is 2. The SMILES string of the molecule is CCOC(=O)c1nn(-c2ccc(Br)cc2C)cc1C(=O)O. The highest BCUT2D eigenvalue weighted by atomic mass is 79.9. The minimum Gasteiger partial charge on any atom is -0.478 e. The van der Waals surface area contributed by atoms with Crippen LogP contribution in [0.3, 0.4) is 0 Å². The molecule has 1 heterocycles. The van der Waals surface area contributed by atoms with Crippen LogP contribution in [0.4, 0.5) is 0 Å². The lowest BCUT2D eigenvalue weighted by Crippen LogP contribution is -2.11. The molecule has 2 aromatic rings. The van der Waals surface area contributed by atoms with Crippen LogP contribution in [0.15, 0.2) is 28.9 Å². The van der Waals surface area contributed by atoms with Gasteiger partial charge in [0.2, 0.25) is 0 Å². The molecule has 6 nitrogen and oxygen atoms in total. The zero-order chi connectivity index (χ0) is 15.6. The van der Waals surface area contributed by atoms with E-state index < -0.39 is 11.9 Å². The first-order valence-electron chi connectivity index (χ1n) is 6.20. The summed E-state index contributed by atoms with van der Waals surface area (Å²) < 4.78 is 7.11. The molecule has 0 aliphatic heterocycles. The Labute approximate surface area is 129 Å². The number of rotatable bonds is 4. The fourth-order valence-corrected chi connectivity index (χ4v) is 2.36. The molecular formula is C14H13BrN2O4. The van der Waals surface area contributed by atoms with E-state index in [9.17, 15) is 14.7 Å². The first-order valence-corrected chi connectivity index (χ1v) is 7.00. The van der Waals surface area contributed by atoms with Crippen molar-refractivity contribution in [3.8, 4) is 5.69 Å². The van der Waals surface area contributed by atoms with E-state index in [0.29, 0.717) is 5.69 Å². The fraction of sp³-hybridized carbons (Fsp3) is 0.214. The maximum Gasteiger partial charge on any atom is 0.359 e. The van der Waals surface area contributed by atoms with Crippen LogP contribution in [-0.4, -0.2) is 33.4 Å². The van der Waals surface area contributed by atoms with Crippen molar-refractivity contribution >= 4 is 27.9 Å². The van der Waals surface area contributed by atoms with Gasteiger partial charge >= 0.3 is 11.9 Å². The summed E-state index contributed by atoms with van der Waals surface area (Å²) in [6.45, 7) is 3.67. The molecule has 1 N–H and O–H groups in total. The number of nitrogens with zero attached hydrogens (tertiary/aromatic N) is 2. The Morgan fingerprint density at radius 3 is 2.71 bits per heavy atom. The van der Waals surface area contributed by atoms with Crippen molar-refractivity contribution < 1.29 is 19.4 Å². The summed E-state index contributed by atoms with van der Waals surface area (Å²) >= 11 is 3.36. The number of benzene rings is 1. The van der Waals surface area contributed by atoms with Crippen molar-refractivity contribution in [2.45, 2.75) is 13.8 Å². The van der Waals surface area contributed by atoms with Crippen LogP contribution >= 0.6 is 15.9 Å². The molecule has 0 atom stereocenters. The number of aromatic carboxylic acids is 1. The molecule has 0 spiro atoms. The van der Waals surface area contributed by atoms with Gasteiger partial charge in [0.1, 0.15) is 5.56 Å². The summed E-state index contributed by atoms with van der Waals surface area (Å²) in [6.07, 6.45) is 1.31. The quantitative estimate of drug-likeness (QED) is 0.855. The van der Waals surface area contributed by atoms with Gasteiger partial charge in [-0.25, -0.2) is 14.3 Å². The third-order valence-corrected chi connectivity index (χ3v) is 3.31. The van der Waals surface area contributed by atoms with Crippen LogP contribution in [0.1, 0.15) is 33.3 Å². The summed E-state index contributed by atoms with van der Waals surface area (Å²) in [4.78, 5) is 23.0. The van der Waals surface area contributed by atoms with E-state index in [4.69, 9.17) is 4.74 Å². The number of esters is 1. The van der Waals surface area contributed by atoms with E-state index in [1.54, 1.807) is 13.0 Å². The van der Waals surface area contributed by atoms with Crippen molar-refractivity contribution in [2.24, 2.45) is 0 Å². The molecule has 0 aliphatic rings. The predicted octanol–water partition coefficient (Wildman–Crippen LogP) is 2.82. The Kier molecular flexibility index (Phi) is 4.42. The number of carbonyl (C=O) groups is 2. The first-order chi connectivity index (χ1) is 9.93. The lowest BCUT2D eigenvalue weighted by Gasteiger charge is -2.05. The summed E-state index contributed by atoms with van der Waals surface area (Å²) in [5.74, 6) is -1.97. The number of carboxylic acid groups (broad SMARTS) is 1. The minimum absolute atomic E-state index is 0.155. The lowest BCUT2D eigenvalue weighted by molar-refractivity contribution is 0.0507. The zero-order valence-electron chi connectivity index (χ0n) is 11.5. The second-order valence-corrected chi connectivity index (χ2v) is 5.21. The first kappa shape index (κ1) is 15.2. The van der Waals surface area contributed by atoms with Crippen molar-refractivity contribution in [1.82, 2.24) is 9.78 Å². The number of ether oxygens (including phenoxy) is 1. The number of halogens is 1. The second kappa shape index (κ2) is 6.09. The highest BCUT2D eigenvalue weighted by Crippen LogP contribution is 2.20. The van der Waals surface area contributed by atoms with Gasteiger partial charge in [0.15, 0.2) is 5.69 Å². The van der Waals surface area contributed by atoms with Crippen molar-refractivity contribution in [1.29, 1.82) is 0 Å². The van der Waals surface area contributed by atoms with Crippen LogP contribution in [0.5, 0.6) is 0 Å². The normalized spacial score (nSPS) is 10.4. The van der Waals surface area contributed by atoms with Crippen LogP contribution in [0, 0.1) is 6.92 Å². The molecular weight excluding hydrogens is 340 g/mol. The molecule has 0 fully saturated rings. The third-order valence-electron chi connectivity index (χ3n) is 2.82. The maximum absolute atomic E-state index is 11.8. The summed E-state index contributed by atoms with van der Waals surface area (Å²) in [5, 5.41) is 13.2. The topological polar surface area (TPSA) is 81.4 Å². The largest absolute Gasteiger partial charge is 0.478 e. The van der Waals surface area contributed by atoms with Gasteiger partial charge in [-0.1, -0.05) is 15.9 Å². The Balaban J connectivity index is 2.53. The highest BCUT2D eigenvalue weighted by Gasteiger charge is 2.23. The van der Waals surface area contributed by atoms with Gasteiger partial charge in [-0.2, -0.15) is 5.10 Å². The molecule has 0 unspecified atom stereocenters. The van der Waals surface area contributed by atoms with Crippen LogP contribution < -0.4 is 0 Å².